The molecule has 0 aliphatic carbocycles. The molecule has 1 atom stereocenters. The predicted octanol–water partition coefficient (Wildman–Crippen LogP) is 3.73. The van der Waals surface area contributed by atoms with Gasteiger partial charge in [0.25, 0.3) is 0 Å². The highest BCUT2D eigenvalue weighted by Crippen LogP contribution is 2.26. The smallest absolute Gasteiger partial charge is 0.194 e. The fraction of sp³-hybridized carbons (Fsp3) is 0.476. The Hall–Kier alpha value is -1.69. The number of benzene rings is 1. The number of nitrogens with zero attached hydrogens (tertiary/aromatic N) is 4. The maximum Gasteiger partial charge on any atom is 0.194 e. The van der Waals surface area contributed by atoms with Crippen LogP contribution < -0.4 is 0 Å². The van der Waals surface area contributed by atoms with E-state index in [-0.39, 0.29) is 0 Å². The van der Waals surface area contributed by atoms with Gasteiger partial charge in [0.15, 0.2) is 4.96 Å². The van der Waals surface area contributed by atoms with E-state index in [2.05, 4.69) is 57.0 Å². The van der Waals surface area contributed by atoms with Crippen LogP contribution in [-0.4, -0.2) is 44.9 Å². The first kappa shape index (κ1) is 16.5. The Morgan fingerprint density at radius 2 is 2.08 bits per heavy atom. The first-order valence-corrected chi connectivity index (χ1v) is 10.6. The molecule has 3 aromatic rings. The zero-order valence-electron chi connectivity index (χ0n) is 15.4. The van der Waals surface area contributed by atoms with Gasteiger partial charge in [-0.1, -0.05) is 24.3 Å². The van der Waals surface area contributed by atoms with Gasteiger partial charge in [-0.05, 0) is 43.9 Å². The first-order chi connectivity index (χ1) is 12.8. The van der Waals surface area contributed by atoms with Crippen LogP contribution in [0.3, 0.4) is 0 Å². The number of likely N-dealkylation sites (tertiary alicyclic amines) is 1. The number of thiazole rings is 1. The lowest BCUT2D eigenvalue weighted by Gasteiger charge is -2.41. The summed E-state index contributed by atoms with van der Waals surface area (Å²) in [5.41, 5.74) is 5.63. The van der Waals surface area contributed by atoms with Crippen LogP contribution in [0.4, 0.5) is 0 Å². The monoisotopic (exact) mass is 366 g/mol. The Morgan fingerprint density at radius 1 is 1.19 bits per heavy atom. The summed E-state index contributed by atoms with van der Waals surface area (Å²) < 4.78 is 2.28. The van der Waals surface area contributed by atoms with Crippen LogP contribution in [0.2, 0.25) is 0 Å². The third kappa shape index (κ3) is 2.98. The third-order valence-electron chi connectivity index (χ3n) is 6.09. The SMILES string of the molecule is Cc1nc2sccn2c1CN1CCCC(N2CCc3ccccc3C2)C1. The second kappa shape index (κ2) is 6.80. The van der Waals surface area contributed by atoms with Gasteiger partial charge in [-0.25, -0.2) is 4.98 Å². The van der Waals surface area contributed by atoms with Gasteiger partial charge in [-0.3, -0.25) is 14.2 Å². The van der Waals surface area contributed by atoms with Crippen molar-refractivity contribution in [3.63, 3.8) is 0 Å². The molecule has 2 aromatic heterocycles. The maximum absolute atomic E-state index is 4.72. The number of hydrogen-bond donors (Lipinski definition) is 0. The molecule has 0 bridgehead atoms. The van der Waals surface area contributed by atoms with Gasteiger partial charge < -0.3 is 0 Å². The van der Waals surface area contributed by atoms with Crippen LogP contribution in [0, 0.1) is 6.92 Å². The standard InChI is InChI=1S/C21H26N4S/c1-16-20(25-11-12-26-21(25)22-16)15-23-9-4-7-19(14-23)24-10-8-17-5-2-3-6-18(17)13-24/h2-3,5-6,11-12,19H,4,7-10,13-15H2,1H3. The molecule has 5 rings (SSSR count). The van der Waals surface area contributed by atoms with Crippen molar-refractivity contribution in [2.24, 2.45) is 0 Å². The summed E-state index contributed by atoms with van der Waals surface area (Å²) in [5, 5.41) is 2.13. The number of aromatic nitrogens is 2. The van der Waals surface area contributed by atoms with Crippen molar-refractivity contribution in [2.75, 3.05) is 19.6 Å². The summed E-state index contributed by atoms with van der Waals surface area (Å²) >= 11 is 1.73. The van der Waals surface area contributed by atoms with Gasteiger partial charge in [0.05, 0.1) is 11.4 Å². The minimum atomic E-state index is 0.684. The van der Waals surface area contributed by atoms with Gasteiger partial charge in [-0.2, -0.15) is 0 Å². The molecule has 1 saturated heterocycles. The first-order valence-electron chi connectivity index (χ1n) is 9.72. The normalized spacial score (nSPS) is 22.0. The number of rotatable bonds is 3. The molecule has 0 radical (unpaired) electrons. The molecule has 4 heterocycles. The van der Waals surface area contributed by atoms with Crippen molar-refractivity contribution >= 4 is 16.3 Å². The van der Waals surface area contributed by atoms with Crippen molar-refractivity contribution in [3.05, 3.63) is 58.4 Å². The van der Waals surface area contributed by atoms with Crippen molar-refractivity contribution in [3.8, 4) is 0 Å². The summed E-state index contributed by atoms with van der Waals surface area (Å²) in [6.07, 6.45) is 5.99. The van der Waals surface area contributed by atoms with E-state index >= 15 is 0 Å². The summed E-state index contributed by atoms with van der Waals surface area (Å²) in [4.78, 5) is 11.2. The highest BCUT2D eigenvalue weighted by atomic mass is 32.1. The summed E-state index contributed by atoms with van der Waals surface area (Å²) in [5.74, 6) is 0. The maximum atomic E-state index is 4.72. The number of piperidine rings is 1. The number of fused-ring (bicyclic) bond motifs is 2. The Bertz CT molecular complexity index is 912. The van der Waals surface area contributed by atoms with Crippen LogP contribution in [0.25, 0.3) is 4.96 Å². The number of aryl methyl sites for hydroxylation is 1. The molecule has 5 heteroatoms. The molecule has 4 nitrogen and oxygen atoms in total. The van der Waals surface area contributed by atoms with E-state index in [1.165, 1.54) is 55.8 Å². The molecular weight excluding hydrogens is 340 g/mol. The molecule has 2 aliphatic heterocycles. The molecule has 26 heavy (non-hydrogen) atoms. The molecule has 1 unspecified atom stereocenters. The summed E-state index contributed by atoms with van der Waals surface area (Å²) in [6, 6.07) is 9.66. The predicted molar refractivity (Wildman–Crippen MR) is 107 cm³/mol. The van der Waals surface area contributed by atoms with Gasteiger partial charge in [0, 0.05) is 43.8 Å². The van der Waals surface area contributed by atoms with E-state index < -0.39 is 0 Å². The van der Waals surface area contributed by atoms with Crippen molar-refractivity contribution in [1.82, 2.24) is 19.2 Å². The molecule has 2 aliphatic rings. The largest absolute Gasteiger partial charge is 0.296 e. The third-order valence-corrected chi connectivity index (χ3v) is 6.85. The lowest BCUT2D eigenvalue weighted by Crippen LogP contribution is -2.49. The Kier molecular flexibility index (Phi) is 4.31. The van der Waals surface area contributed by atoms with Crippen LogP contribution in [0.15, 0.2) is 35.8 Å². The highest BCUT2D eigenvalue weighted by Gasteiger charge is 2.28. The lowest BCUT2D eigenvalue weighted by molar-refractivity contribution is 0.0830. The van der Waals surface area contributed by atoms with Gasteiger partial charge in [0.2, 0.25) is 0 Å². The Labute approximate surface area is 159 Å². The van der Waals surface area contributed by atoms with Crippen LogP contribution in [-0.2, 0) is 19.5 Å². The van der Waals surface area contributed by atoms with E-state index in [1.54, 1.807) is 16.9 Å². The number of hydrogen-bond acceptors (Lipinski definition) is 4. The molecule has 1 aromatic carbocycles. The molecule has 0 N–H and O–H groups in total. The minimum absolute atomic E-state index is 0.684. The second-order valence-corrected chi connectivity index (χ2v) is 8.59. The number of imidazole rings is 1. The molecule has 0 spiro atoms. The van der Waals surface area contributed by atoms with E-state index in [4.69, 9.17) is 4.98 Å². The van der Waals surface area contributed by atoms with E-state index in [9.17, 15) is 0 Å². The average molecular weight is 367 g/mol. The van der Waals surface area contributed by atoms with E-state index in [0.717, 1.165) is 18.1 Å². The minimum Gasteiger partial charge on any atom is -0.296 e. The molecule has 0 amide bonds. The highest BCUT2D eigenvalue weighted by molar-refractivity contribution is 7.15. The van der Waals surface area contributed by atoms with Crippen molar-refractivity contribution in [1.29, 1.82) is 0 Å². The second-order valence-electron chi connectivity index (χ2n) is 7.72. The zero-order valence-corrected chi connectivity index (χ0v) is 16.2. The molecule has 136 valence electrons. The van der Waals surface area contributed by atoms with Gasteiger partial charge in [0.1, 0.15) is 0 Å². The Balaban J connectivity index is 1.30. The van der Waals surface area contributed by atoms with Crippen molar-refractivity contribution < 1.29 is 0 Å². The van der Waals surface area contributed by atoms with E-state index in [1.807, 2.05) is 0 Å². The molecule has 0 saturated carbocycles. The van der Waals surface area contributed by atoms with Crippen LogP contribution in [0.1, 0.15) is 35.4 Å². The zero-order chi connectivity index (χ0) is 17.5. The van der Waals surface area contributed by atoms with Crippen LogP contribution in [0.5, 0.6) is 0 Å². The molecular formula is C21H26N4S. The van der Waals surface area contributed by atoms with Crippen LogP contribution >= 0.6 is 11.3 Å². The van der Waals surface area contributed by atoms with Gasteiger partial charge >= 0.3 is 0 Å². The fourth-order valence-electron chi connectivity index (χ4n) is 4.65. The Morgan fingerprint density at radius 3 is 3.00 bits per heavy atom. The topological polar surface area (TPSA) is 23.8 Å². The quantitative estimate of drug-likeness (QED) is 0.706. The summed E-state index contributed by atoms with van der Waals surface area (Å²) in [6.45, 7) is 7.88. The fourth-order valence-corrected chi connectivity index (χ4v) is 5.42. The van der Waals surface area contributed by atoms with Gasteiger partial charge in [-0.15, -0.1) is 11.3 Å². The summed E-state index contributed by atoms with van der Waals surface area (Å²) in [7, 11) is 0. The average Bonchev–Trinajstić information content (AvgIpc) is 3.24. The molecule has 1 fully saturated rings. The van der Waals surface area contributed by atoms with Crippen molar-refractivity contribution in [2.45, 2.75) is 45.3 Å². The lowest BCUT2D eigenvalue weighted by atomic mass is 9.96. The van der Waals surface area contributed by atoms with E-state index in [0.29, 0.717) is 6.04 Å².